The third-order valence-electron chi connectivity index (χ3n) is 4.49. The van der Waals surface area contributed by atoms with Gasteiger partial charge in [-0.1, -0.05) is 0 Å². The van der Waals surface area contributed by atoms with Crippen LogP contribution in [0.2, 0.25) is 0 Å². The predicted molar refractivity (Wildman–Crippen MR) is 82.1 cm³/mol. The molecule has 1 aliphatic heterocycles. The second kappa shape index (κ2) is 4.57. The van der Waals surface area contributed by atoms with Crippen LogP contribution in [-0.4, -0.2) is 43.2 Å². The minimum absolute atomic E-state index is 0.548. The Morgan fingerprint density at radius 2 is 2.05 bits per heavy atom. The summed E-state index contributed by atoms with van der Waals surface area (Å²) in [6.45, 7) is 4.46. The van der Waals surface area contributed by atoms with Crippen LogP contribution in [0, 0.1) is 0 Å². The van der Waals surface area contributed by atoms with Crippen molar-refractivity contribution < 1.29 is 0 Å². The maximum atomic E-state index is 2.39. The highest BCUT2D eigenvalue weighted by Gasteiger charge is 2.19. The van der Waals surface area contributed by atoms with Crippen LogP contribution < -0.4 is 4.90 Å². The molecule has 19 heavy (non-hydrogen) atoms. The first-order valence-electron chi connectivity index (χ1n) is 7.06. The number of anilines is 1. The van der Waals surface area contributed by atoms with E-state index in [0.717, 1.165) is 13.1 Å². The van der Waals surface area contributed by atoms with Crippen molar-refractivity contribution in [3.63, 3.8) is 0 Å². The Kier molecular flexibility index (Phi) is 3.02. The lowest BCUT2D eigenvalue weighted by Crippen LogP contribution is -2.28. The molecule has 0 unspecified atom stereocenters. The van der Waals surface area contributed by atoms with Crippen LogP contribution in [0.25, 0.3) is 10.9 Å². The molecule has 0 N–H and O–H groups in total. The van der Waals surface area contributed by atoms with Gasteiger partial charge in [0.25, 0.3) is 0 Å². The van der Waals surface area contributed by atoms with Gasteiger partial charge in [0.15, 0.2) is 0 Å². The fraction of sp³-hybridized carbons (Fsp3) is 0.500. The fourth-order valence-electron chi connectivity index (χ4n) is 2.95. The first-order chi connectivity index (χ1) is 9.08. The van der Waals surface area contributed by atoms with E-state index in [-0.39, 0.29) is 0 Å². The Hall–Kier alpha value is -1.48. The van der Waals surface area contributed by atoms with Gasteiger partial charge in [0.1, 0.15) is 0 Å². The van der Waals surface area contributed by atoms with Gasteiger partial charge in [0.05, 0.1) is 0 Å². The van der Waals surface area contributed by atoms with Gasteiger partial charge in [-0.25, -0.2) is 0 Å². The highest BCUT2D eigenvalue weighted by molar-refractivity contribution is 5.90. The van der Waals surface area contributed by atoms with Gasteiger partial charge < -0.3 is 14.4 Å². The molecular weight excluding hydrogens is 234 g/mol. The zero-order chi connectivity index (χ0) is 13.6. The largest absolute Gasteiger partial charge is 0.374 e. The van der Waals surface area contributed by atoms with E-state index in [4.69, 9.17) is 0 Å². The molecule has 0 spiro atoms. The summed E-state index contributed by atoms with van der Waals surface area (Å²) in [5.41, 5.74) is 4.31. The number of nitrogens with zero attached hydrogens (tertiary/aromatic N) is 3. The average molecular weight is 257 g/mol. The van der Waals surface area contributed by atoms with Gasteiger partial charge in [-0.2, -0.15) is 0 Å². The molecule has 3 rings (SSSR count). The highest BCUT2D eigenvalue weighted by atomic mass is 15.1. The van der Waals surface area contributed by atoms with Crippen LogP contribution in [0.1, 0.15) is 12.5 Å². The Balaban J connectivity index is 2.01. The summed E-state index contributed by atoms with van der Waals surface area (Å²) in [5, 5.41) is 1.44. The van der Waals surface area contributed by atoms with Crippen LogP contribution in [-0.2, 0) is 13.0 Å². The molecule has 0 radical (unpaired) electrons. The lowest BCUT2D eigenvalue weighted by molar-refractivity contribution is 0.286. The van der Waals surface area contributed by atoms with Crippen molar-refractivity contribution in [1.82, 2.24) is 9.47 Å². The maximum absolute atomic E-state index is 2.39. The molecule has 0 saturated carbocycles. The zero-order valence-corrected chi connectivity index (χ0v) is 12.3. The highest BCUT2D eigenvalue weighted by Crippen LogP contribution is 2.33. The van der Waals surface area contributed by atoms with E-state index >= 15 is 0 Å². The quantitative estimate of drug-likeness (QED) is 0.837. The Bertz CT molecular complexity index is 597. The van der Waals surface area contributed by atoms with Gasteiger partial charge in [0, 0.05) is 49.0 Å². The molecule has 0 bridgehead atoms. The van der Waals surface area contributed by atoms with Crippen LogP contribution in [0.5, 0.6) is 0 Å². The smallest absolute Gasteiger partial charge is 0.0485 e. The molecule has 0 fully saturated rings. The van der Waals surface area contributed by atoms with Crippen molar-refractivity contribution in [3.05, 3.63) is 30.0 Å². The molecule has 102 valence electrons. The van der Waals surface area contributed by atoms with Crippen LogP contribution in [0.15, 0.2) is 24.4 Å². The summed E-state index contributed by atoms with van der Waals surface area (Å²) >= 11 is 0. The van der Waals surface area contributed by atoms with E-state index in [1.54, 1.807) is 0 Å². The van der Waals surface area contributed by atoms with Gasteiger partial charge in [-0.15, -0.1) is 0 Å². The van der Waals surface area contributed by atoms with Gasteiger partial charge >= 0.3 is 0 Å². The molecule has 0 saturated heterocycles. The third-order valence-corrected chi connectivity index (χ3v) is 4.49. The lowest BCUT2D eigenvalue weighted by Gasteiger charge is -2.21. The number of rotatable bonds is 3. The Morgan fingerprint density at radius 1 is 1.26 bits per heavy atom. The second-order valence-corrected chi connectivity index (χ2v) is 5.95. The molecule has 3 nitrogen and oxygen atoms in total. The van der Waals surface area contributed by atoms with Crippen molar-refractivity contribution >= 4 is 16.6 Å². The van der Waals surface area contributed by atoms with Crippen molar-refractivity contribution in [2.45, 2.75) is 25.9 Å². The topological polar surface area (TPSA) is 11.4 Å². The molecular formula is C16H23N3. The number of benzene rings is 1. The van der Waals surface area contributed by atoms with E-state index < -0.39 is 0 Å². The molecule has 2 heterocycles. The fourth-order valence-corrected chi connectivity index (χ4v) is 2.95. The van der Waals surface area contributed by atoms with Crippen LogP contribution in [0.4, 0.5) is 5.69 Å². The molecule has 1 aromatic heterocycles. The number of fused-ring (bicyclic) bond motifs is 3. The van der Waals surface area contributed by atoms with Crippen molar-refractivity contribution in [1.29, 1.82) is 0 Å². The van der Waals surface area contributed by atoms with E-state index in [0.29, 0.717) is 6.04 Å². The van der Waals surface area contributed by atoms with Gasteiger partial charge in [0.2, 0.25) is 0 Å². The summed E-state index contributed by atoms with van der Waals surface area (Å²) in [5.74, 6) is 0. The van der Waals surface area contributed by atoms with Crippen LogP contribution >= 0.6 is 0 Å². The molecule has 3 heteroatoms. The normalized spacial score (nSPS) is 16.4. The SMILES string of the molecule is C[C@H](Cn1ccc2c3c(ccc21)N(C)CC3)N(C)C. The monoisotopic (exact) mass is 257 g/mol. The molecule has 2 aromatic rings. The standard InChI is InChI=1S/C16H23N3/c1-12(17(2)3)11-19-10-8-14-13-7-9-18(4)15(13)5-6-16(14)19/h5-6,8,10,12H,7,9,11H2,1-4H3/t12-/m1/s1. The summed E-state index contributed by atoms with van der Waals surface area (Å²) in [6, 6.07) is 7.39. The first-order valence-corrected chi connectivity index (χ1v) is 7.06. The minimum atomic E-state index is 0.548. The third kappa shape index (κ3) is 2.02. The predicted octanol–water partition coefficient (Wildman–Crippen LogP) is 2.58. The Labute approximate surface area is 115 Å². The molecule has 0 amide bonds. The van der Waals surface area contributed by atoms with E-state index in [2.05, 4.69) is 66.8 Å². The van der Waals surface area contributed by atoms with Crippen molar-refractivity contribution in [2.75, 3.05) is 32.6 Å². The minimum Gasteiger partial charge on any atom is -0.374 e. The zero-order valence-electron chi connectivity index (χ0n) is 12.3. The summed E-state index contributed by atoms with van der Waals surface area (Å²) in [6.07, 6.45) is 3.42. The molecule has 1 aromatic carbocycles. The first kappa shape index (κ1) is 12.5. The van der Waals surface area contributed by atoms with E-state index in [1.807, 2.05) is 0 Å². The summed E-state index contributed by atoms with van der Waals surface area (Å²) < 4.78 is 2.39. The Morgan fingerprint density at radius 3 is 2.79 bits per heavy atom. The number of aromatic nitrogens is 1. The van der Waals surface area contributed by atoms with Crippen LogP contribution in [0.3, 0.4) is 0 Å². The molecule has 0 aliphatic carbocycles. The molecule has 1 atom stereocenters. The molecule has 1 aliphatic rings. The maximum Gasteiger partial charge on any atom is 0.0485 e. The average Bonchev–Trinajstić information content (AvgIpc) is 2.94. The number of hydrogen-bond donors (Lipinski definition) is 0. The van der Waals surface area contributed by atoms with E-state index in [9.17, 15) is 0 Å². The van der Waals surface area contributed by atoms with Crippen molar-refractivity contribution in [3.8, 4) is 0 Å². The number of hydrogen-bond acceptors (Lipinski definition) is 2. The van der Waals surface area contributed by atoms with Crippen molar-refractivity contribution in [2.24, 2.45) is 0 Å². The lowest BCUT2D eigenvalue weighted by atomic mass is 10.1. The van der Waals surface area contributed by atoms with Gasteiger partial charge in [-0.05, 0) is 51.2 Å². The summed E-state index contributed by atoms with van der Waals surface area (Å²) in [7, 11) is 6.47. The second-order valence-electron chi connectivity index (χ2n) is 5.95. The number of likely N-dealkylation sites (N-methyl/N-ethyl adjacent to an activating group) is 2. The summed E-state index contributed by atoms with van der Waals surface area (Å²) in [4.78, 5) is 4.63. The van der Waals surface area contributed by atoms with E-state index in [1.165, 1.54) is 28.6 Å². The van der Waals surface area contributed by atoms with Gasteiger partial charge in [-0.3, -0.25) is 0 Å².